The van der Waals surface area contributed by atoms with Gasteiger partial charge in [0.05, 0.1) is 11.1 Å². The maximum absolute atomic E-state index is 12.5. The molecule has 150 valence electrons. The van der Waals surface area contributed by atoms with Crippen molar-refractivity contribution in [3.63, 3.8) is 0 Å². The van der Waals surface area contributed by atoms with Gasteiger partial charge in [-0.1, -0.05) is 30.3 Å². The van der Waals surface area contributed by atoms with Crippen LogP contribution in [-0.2, 0) is 11.3 Å². The minimum Gasteiger partial charge on any atom is -0.404 e. The van der Waals surface area contributed by atoms with Gasteiger partial charge in [0, 0.05) is 5.39 Å². The Labute approximate surface area is 160 Å². The zero-order valence-electron chi connectivity index (χ0n) is 14.6. The molecule has 0 aliphatic heterocycles. The van der Waals surface area contributed by atoms with Crippen molar-refractivity contribution in [1.29, 1.82) is 0 Å². The number of anilines is 1. The number of aromatic nitrogens is 2. The summed E-state index contributed by atoms with van der Waals surface area (Å²) in [5, 5.41) is 6.39. The summed E-state index contributed by atoms with van der Waals surface area (Å²) in [5.74, 6) is -2.38. The Morgan fingerprint density at radius 2 is 1.69 bits per heavy atom. The first kappa shape index (κ1) is 19.9. The van der Waals surface area contributed by atoms with Crippen LogP contribution < -0.4 is 21.3 Å². The van der Waals surface area contributed by atoms with Crippen molar-refractivity contribution >= 4 is 28.3 Å². The average Bonchev–Trinajstić information content (AvgIpc) is 2.64. The topological polar surface area (TPSA) is 116 Å². The van der Waals surface area contributed by atoms with Crippen LogP contribution in [0.2, 0.25) is 0 Å². The lowest BCUT2D eigenvalue weighted by molar-refractivity contribution is -0.274. The molecule has 1 heterocycles. The first-order valence-electron chi connectivity index (χ1n) is 8.10. The van der Waals surface area contributed by atoms with E-state index in [1.165, 1.54) is 30.3 Å². The van der Waals surface area contributed by atoms with Crippen LogP contribution in [-0.4, -0.2) is 28.0 Å². The molecule has 0 aliphatic carbocycles. The number of hydrogen-bond acceptors (Lipinski definition) is 5. The van der Waals surface area contributed by atoms with Gasteiger partial charge in [0.25, 0.3) is 11.5 Å². The standard InChI is InChI=1S/C18H13F3N4O4/c19-18(20,21)29-13-8-4-3-7-12(13)23-14(26)9-25-17(28)11-6-2-1-5-10(11)15(24-25)16(22)27/h1-8H,9H2,(H2,22,27)(H,23,26). The minimum absolute atomic E-state index is 0.116. The van der Waals surface area contributed by atoms with Crippen LogP contribution in [0.15, 0.2) is 53.3 Å². The molecule has 1 aromatic heterocycles. The smallest absolute Gasteiger partial charge is 0.404 e. The zero-order valence-corrected chi connectivity index (χ0v) is 14.6. The summed E-state index contributed by atoms with van der Waals surface area (Å²) < 4.78 is 42.0. The Morgan fingerprint density at radius 3 is 2.34 bits per heavy atom. The number of benzene rings is 2. The van der Waals surface area contributed by atoms with Gasteiger partial charge in [0.1, 0.15) is 6.54 Å². The summed E-state index contributed by atoms with van der Waals surface area (Å²) >= 11 is 0. The lowest BCUT2D eigenvalue weighted by atomic mass is 10.1. The molecule has 11 heteroatoms. The fourth-order valence-corrected chi connectivity index (χ4v) is 2.63. The number of carbonyl (C=O) groups is 2. The molecule has 0 bridgehead atoms. The lowest BCUT2D eigenvalue weighted by Crippen LogP contribution is -2.32. The second-order valence-corrected chi connectivity index (χ2v) is 5.81. The highest BCUT2D eigenvalue weighted by molar-refractivity contribution is 6.04. The first-order valence-corrected chi connectivity index (χ1v) is 8.10. The Kier molecular flexibility index (Phi) is 5.22. The van der Waals surface area contributed by atoms with Gasteiger partial charge in [0.2, 0.25) is 5.91 Å². The highest BCUT2D eigenvalue weighted by Crippen LogP contribution is 2.29. The molecule has 0 spiro atoms. The molecule has 2 amide bonds. The summed E-state index contributed by atoms with van der Waals surface area (Å²) in [4.78, 5) is 36.5. The molecule has 0 saturated carbocycles. The minimum atomic E-state index is -4.95. The van der Waals surface area contributed by atoms with E-state index in [1.54, 1.807) is 12.1 Å². The number of ether oxygens (including phenoxy) is 1. The third-order valence-electron chi connectivity index (χ3n) is 3.78. The van der Waals surface area contributed by atoms with Gasteiger partial charge in [-0.15, -0.1) is 13.2 Å². The maximum atomic E-state index is 12.5. The molecule has 0 fully saturated rings. The molecule has 2 aromatic carbocycles. The summed E-state index contributed by atoms with van der Waals surface area (Å²) in [6, 6.07) is 11.0. The van der Waals surface area contributed by atoms with Gasteiger partial charge in [-0.3, -0.25) is 14.4 Å². The van der Waals surface area contributed by atoms with E-state index in [9.17, 15) is 27.6 Å². The third-order valence-corrected chi connectivity index (χ3v) is 3.78. The third kappa shape index (κ3) is 4.51. The normalized spacial score (nSPS) is 11.3. The van der Waals surface area contributed by atoms with E-state index in [-0.39, 0.29) is 22.2 Å². The van der Waals surface area contributed by atoms with E-state index >= 15 is 0 Å². The second kappa shape index (κ2) is 7.62. The summed E-state index contributed by atoms with van der Waals surface area (Å²) in [5.41, 5.74) is 4.16. The Balaban J connectivity index is 1.91. The molecule has 29 heavy (non-hydrogen) atoms. The van der Waals surface area contributed by atoms with Gasteiger partial charge >= 0.3 is 6.36 Å². The summed E-state index contributed by atoms with van der Waals surface area (Å²) in [6.07, 6.45) is -4.95. The molecular formula is C18H13F3N4O4. The summed E-state index contributed by atoms with van der Waals surface area (Å²) in [6.45, 7) is -0.662. The SMILES string of the molecule is NC(=O)c1nn(CC(=O)Nc2ccccc2OC(F)(F)F)c(=O)c2ccccc12. The Morgan fingerprint density at radius 1 is 1.07 bits per heavy atom. The number of para-hydroxylation sites is 2. The van der Waals surface area contributed by atoms with Crippen LogP contribution in [0.25, 0.3) is 10.8 Å². The largest absolute Gasteiger partial charge is 0.573 e. The number of fused-ring (bicyclic) bond motifs is 1. The number of nitrogens with one attached hydrogen (secondary N) is 1. The quantitative estimate of drug-likeness (QED) is 0.673. The van der Waals surface area contributed by atoms with E-state index < -0.39 is 36.0 Å². The number of rotatable bonds is 5. The van der Waals surface area contributed by atoms with Crippen molar-refractivity contribution in [2.24, 2.45) is 5.73 Å². The van der Waals surface area contributed by atoms with Crippen molar-refractivity contribution in [2.75, 3.05) is 5.32 Å². The van der Waals surface area contributed by atoms with Crippen molar-refractivity contribution in [1.82, 2.24) is 9.78 Å². The maximum Gasteiger partial charge on any atom is 0.573 e. The van der Waals surface area contributed by atoms with Crippen LogP contribution in [0.5, 0.6) is 5.75 Å². The predicted octanol–water partition coefficient (Wildman–Crippen LogP) is 2.03. The molecule has 0 unspecified atom stereocenters. The van der Waals surface area contributed by atoms with Gasteiger partial charge < -0.3 is 15.8 Å². The zero-order chi connectivity index (χ0) is 21.2. The number of nitrogens with zero attached hydrogens (tertiary/aromatic N) is 2. The number of carbonyl (C=O) groups excluding carboxylic acids is 2. The average molecular weight is 406 g/mol. The van der Waals surface area contributed by atoms with Crippen molar-refractivity contribution in [2.45, 2.75) is 12.9 Å². The molecular weight excluding hydrogens is 393 g/mol. The molecule has 0 saturated heterocycles. The van der Waals surface area contributed by atoms with Crippen LogP contribution in [0.4, 0.5) is 18.9 Å². The van der Waals surface area contributed by atoms with Crippen molar-refractivity contribution in [3.05, 3.63) is 64.6 Å². The highest BCUT2D eigenvalue weighted by Gasteiger charge is 2.32. The summed E-state index contributed by atoms with van der Waals surface area (Å²) in [7, 11) is 0. The molecule has 0 radical (unpaired) electrons. The molecule has 3 aromatic rings. The Hall–Kier alpha value is -3.89. The fourth-order valence-electron chi connectivity index (χ4n) is 2.63. The van der Waals surface area contributed by atoms with Crippen molar-refractivity contribution < 1.29 is 27.5 Å². The van der Waals surface area contributed by atoms with Crippen LogP contribution in [0.3, 0.4) is 0 Å². The van der Waals surface area contributed by atoms with E-state index in [0.29, 0.717) is 4.68 Å². The van der Waals surface area contributed by atoms with Crippen LogP contribution >= 0.6 is 0 Å². The number of halogens is 3. The number of nitrogens with two attached hydrogens (primary N) is 1. The first-order chi connectivity index (χ1) is 13.7. The number of primary amides is 1. The van der Waals surface area contributed by atoms with Gasteiger partial charge in [-0.25, -0.2) is 4.68 Å². The predicted molar refractivity (Wildman–Crippen MR) is 96.3 cm³/mol. The van der Waals surface area contributed by atoms with E-state index in [0.717, 1.165) is 6.07 Å². The van der Waals surface area contributed by atoms with Crippen LogP contribution in [0.1, 0.15) is 10.5 Å². The monoisotopic (exact) mass is 406 g/mol. The molecule has 0 atom stereocenters. The second-order valence-electron chi connectivity index (χ2n) is 5.81. The number of hydrogen-bond donors (Lipinski definition) is 2. The number of alkyl halides is 3. The van der Waals surface area contributed by atoms with Gasteiger partial charge in [-0.05, 0) is 18.2 Å². The lowest BCUT2D eigenvalue weighted by Gasteiger charge is -2.14. The molecule has 3 rings (SSSR count). The highest BCUT2D eigenvalue weighted by atomic mass is 19.4. The van der Waals surface area contributed by atoms with Gasteiger partial charge in [0.15, 0.2) is 11.4 Å². The van der Waals surface area contributed by atoms with E-state index in [4.69, 9.17) is 5.73 Å². The molecule has 8 nitrogen and oxygen atoms in total. The molecule has 0 aliphatic rings. The number of amides is 2. The van der Waals surface area contributed by atoms with E-state index in [2.05, 4.69) is 15.2 Å². The Bertz CT molecular complexity index is 1160. The van der Waals surface area contributed by atoms with E-state index in [1.807, 2.05) is 0 Å². The van der Waals surface area contributed by atoms with Crippen LogP contribution in [0, 0.1) is 0 Å². The fraction of sp³-hybridized carbons (Fsp3) is 0.111. The van der Waals surface area contributed by atoms with Crippen molar-refractivity contribution in [3.8, 4) is 5.75 Å². The molecule has 3 N–H and O–H groups in total. The van der Waals surface area contributed by atoms with Gasteiger partial charge in [-0.2, -0.15) is 5.10 Å².